The van der Waals surface area contributed by atoms with Crippen molar-refractivity contribution in [3.8, 4) is 11.1 Å². The molecule has 0 heterocycles. The van der Waals surface area contributed by atoms with Crippen LogP contribution in [0.1, 0.15) is 69.6 Å². The van der Waals surface area contributed by atoms with E-state index in [-0.39, 0.29) is 18.4 Å². The molecule has 1 aliphatic rings. The predicted octanol–water partition coefficient (Wildman–Crippen LogP) is 6.12. The number of hydrogen-bond donors (Lipinski definition) is 1. The van der Waals surface area contributed by atoms with Gasteiger partial charge in [-0.2, -0.15) is 0 Å². The van der Waals surface area contributed by atoms with E-state index in [1.807, 2.05) is 6.07 Å². The van der Waals surface area contributed by atoms with Gasteiger partial charge in [-0.15, -0.1) is 0 Å². The Balaban J connectivity index is 2.02. The average Bonchev–Trinajstić information content (AvgIpc) is 2.83. The van der Waals surface area contributed by atoms with E-state index in [0.29, 0.717) is 6.42 Å². The van der Waals surface area contributed by atoms with Crippen LogP contribution in [0.4, 0.5) is 4.39 Å². The van der Waals surface area contributed by atoms with Crippen molar-refractivity contribution < 1.29 is 9.50 Å². The molecule has 1 aliphatic carbocycles. The first kappa shape index (κ1) is 18.1. The number of halogens is 1. The highest BCUT2D eigenvalue weighted by atomic mass is 19.1. The molecule has 2 heteroatoms. The molecule has 0 aliphatic heterocycles. The van der Waals surface area contributed by atoms with Crippen LogP contribution in [0.2, 0.25) is 0 Å². The molecule has 0 radical (unpaired) electrons. The lowest BCUT2D eigenvalue weighted by Gasteiger charge is -2.28. The van der Waals surface area contributed by atoms with E-state index in [1.165, 1.54) is 22.3 Å². The molecule has 0 fully saturated rings. The molecular weight excluding hydrogens is 311 g/mol. The normalized spacial score (nSPS) is 17.0. The molecule has 1 nitrogen and oxygen atoms in total. The summed E-state index contributed by atoms with van der Waals surface area (Å²) in [6.07, 6.45) is 3.60. The second-order valence-corrected chi connectivity index (χ2v) is 7.83. The number of benzene rings is 2. The smallest absolute Gasteiger partial charge is 0.138 e. The molecule has 0 saturated heterocycles. The Hall–Kier alpha value is -1.67. The zero-order valence-electron chi connectivity index (χ0n) is 15.6. The van der Waals surface area contributed by atoms with Crippen molar-refractivity contribution in [1.82, 2.24) is 0 Å². The average molecular weight is 340 g/mol. The van der Waals surface area contributed by atoms with Crippen LogP contribution < -0.4 is 0 Å². The molecule has 0 bridgehead atoms. The second kappa shape index (κ2) is 6.92. The van der Waals surface area contributed by atoms with Crippen LogP contribution in [-0.4, -0.2) is 11.7 Å². The number of unbranched alkanes of at least 4 members (excludes halogenated alkanes) is 2. The summed E-state index contributed by atoms with van der Waals surface area (Å²) in [5.74, 6) is 0. The van der Waals surface area contributed by atoms with Crippen LogP contribution in [0.15, 0.2) is 42.5 Å². The molecule has 2 aromatic rings. The quantitative estimate of drug-likeness (QED) is 0.602. The van der Waals surface area contributed by atoms with Gasteiger partial charge in [-0.3, -0.25) is 0 Å². The Morgan fingerprint density at radius 2 is 1.68 bits per heavy atom. The van der Waals surface area contributed by atoms with E-state index in [9.17, 15) is 5.11 Å². The minimum atomic E-state index is -1.44. The fourth-order valence-electron chi connectivity index (χ4n) is 4.23. The van der Waals surface area contributed by atoms with Gasteiger partial charge in [0, 0.05) is 18.4 Å². The maximum absolute atomic E-state index is 15.7. The number of rotatable bonds is 7. The van der Waals surface area contributed by atoms with Crippen molar-refractivity contribution >= 4 is 0 Å². The molecule has 3 rings (SSSR count). The van der Waals surface area contributed by atoms with Gasteiger partial charge in [-0.1, -0.05) is 76.1 Å². The molecule has 0 aromatic heterocycles. The first-order chi connectivity index (χ1) is 11.9. The van der Waals surface area contributed by atoms with Crippen molar-refractivity contribution in [1.29, 1.82) is 0 Å². The number of aliphatic hydroxyl groups is 1. The molecule has 0 saturated carbocycles. The van der Waals surface area contributed by atoms with Gasteiger partial charge < -0.3 is 5.11 Å². The molecule has 0 spiro atoms. The van der Waals surface area contributed by atoms with Crippen LogP contribution in [0.3, 0.4) is 0 Å². The Morgan fingerprint density at radius 3 is 2.40 bits per heavy atom. The highest BCUT2D eigenvalue weighted by Crippen LogP contribution is 2.50. The van der Waals surface area contributed by atoms with Crippen LogP contribution in [0.25, 0.3) is 11.1 Å². The third-order valence-corrected chi connectivity index (χ3v) is 5.79. The molecule has 1 N–H and O–H groups in total. The highest BCUT2D eigenvalue weighted by molar-refractivity contribution is 5.81. The SMILES string of the molecule is CCCCC[C@@](F)(CCO)c1ccc2c(c1)C(C)(C)c1ccccc1-2. The first-order valence-corrected chi connectivity index (χ1v) is 9.48. The van der Waals surface area contributed by atoms with E-state index in [2.05, 4.69) is 57.2 Å². The van der Waals surface area contributed by atoms with E-state index in [4.69, 9.17) is 0 Å². The van der Waals surface area contributed by atoms with Gasteiger partial charge in [0.15, 0.2) is 0 Å². The van der Waals surface area contributed by atoms with Crippen molar-refractivity contribution in [3.63, 3.8) is 0 Å². The Morgan fingerprint density at radius 1 is 0.960 bits per heavy atom. The molecule has 25 heavy (non-hydrogen) atoms. The summed E-state index contributed by atoms with van der Waals surface area (Å²) >= 11 is 0. The first-order valence-electron chi connectivity index (χ1n) is 9.48. The maximum Gasteiger partial charge on any atom is 0.138 e. The van der Waals surface area contributed by atoms with Crippen molar-refractivity contribution in [3.05, 3.63) is 59.2 Å². The maximum atomic E-state index is 15.7. The number of fused-ring (bicyclic) bond motifs is 3. The van der Waals surface area contributed by atoms with Crippen LogP contribution >= 0.6 is 0 Å². The van der Waals surface area contributed by atoms with E-state index in [1.54, 1.807) is 0 Å². The lowest BCUT2D eigenvalue weighted by atomic mass is 9.79. The molecule has 0 amide bonds. The van der Waals surface area contributed by atoms with Gasteiger partial charge in [0.05, 0.1) is 0 Å². The Kier molecular flexibility index (Phi) is 5.02. The van der Waals surface area contributed by atoms with E-state index < -0.39 is 5.67 Å². The summed E-state index contributed by atoms with van der Waals surface area (Å²) < 4.78 is 15.7. The molecule has 134 valence electrons. The van der Waals surface area contributed by atoms with Gasteiger partial charge >= 0.3 is 0 Å². The summed E-state index contributed by atoms with van der Waals surface area (Å²) in [6, 6.07) is 14.5. The summed E-state index contributed by atoms with van der Waals surface area (Å²) in [5, 5.41) is 9.42. The van der Waals surface area contributed by atoms with Gasteiger partial charge in [0.2, 0.25) is 0 Å². The molecular formula is C23H29FO. The third-order valence-electron chi connectivity index (χ3n) is 5.79. The molecule has 0 unspecified atom stereocenters. The van der Waals surface area contributed by atoms with E-state index >= 15 is 4.39 Å². The highest BCUT2D eigenvalue weighted by Gasteiger charge is 2.38. The van der Waals surface area contributed by atoms with Crippen molar-refractivity contribution in [2.45, 2.75) is 64.0 Å². The minimum absolute atomic E-state index is 0.120. The summed E-state index contributed by atoms with van der Waals surface area (Å²) in [4.78, 5) is 0. The van der Waals surface area contributed by atoms with Crippen LogP contribution in [0, 0.1) is 0 Å². The fourth-order valence-corrected chi connectivity index (χ4v) is 4.23. The Bertz CT molecular complexity index is 750. The lowest BCUT2D eigenvalue weighted by molar-refractivity contribution is 0.0995. The zero-order valence-corrected chi connectivity index (χ0v) is 15.6. The van der Waals surface area contributed by atoms with E-state index in [0.717, 1.165) is 24.8 Å². The van der Waals surface area contributed by atoms with Gasteiger partial charge in [-0.25, -0.2) is 4.39 Å². The van der Waals surface area contributed by atoms with Crippen molar-refractivity contribution in [2.24, 2.45) is 0 Å². The fraction of sp³-hybridized carbons (Fsp3) is 0.478. The van der Waals surface area contributed by atoms with Gasteiger partial charge in [-0.05, 0) is 40.7 Å². The number of hydrogen-bond acceptors (Lipinski definition) is 1. The summed E-state index contributed by atoms with van der Waals surface area (Å²) in [6.45, 7) is 6.43. The second-order valence-electron chi connectivity index (χ2n) is 7.83. The van der Waals surface area contributed by atoms with Gasteiger partial charge in [0.1, 0.15) is 5.67 Å². The molecule has 2 aromatic carbocycles. The lowest BCUT2D eigenvalue weighted by Crippen LogP contribution is -2.23. The molecule has 1 atom stereocenters. The standard InChI is InChI=1S/C23H29FO/c1-4-5-8-13-23(24,14-15-25)17-11-12-19-18-9-6-7-10-20(18)22(2,3)21(19)16-17/h6-7,9-12,16,25H,4-5,8,13-15H2,1-3H3/t23-/m1/s1. The summed E-state index contributed by atoms with van der Waals surface area (Å²) in [7, 11) is 0. The number of alkyl halides is 1. The number of aliphatic hydroxyl groups excluding tert-OH is 1. The topological polar surface area (TPSA) is 20.2 Å². The predicted molar refractivity (Wildman–Crippen MR) is 103 cm³/mol. The largest absolute Gasteiger partial charge is 0.396 e. The third kappa shape index (κ3) is 3.13. The Labute approximate surface area is 150 Å². The van der Waals surface area contributed by atoms with Crippen LogP contribution in [-0.2, 0) is 11.1 Å². The zero-order chi connectivity index (χ0) is 18.1. The van der Waals surface area contributed by atoms with Gasteiger partial charge in [0.25, 0.3) is 0 Å². The minimum Gasteiger partial charge on any atom is -0.396 e. The van der Waals surface area contributed by atoms with Crippen LogP contribution in [0.5, 0.6) is 0 Å². The summed E-state index contributed by atoms with van der Waals surface area (Å²) in [5.41, 5.74) is 4.13. The monoisotopic (exact) mass is 340 g/mol. The van der Waals surface area contributed by atoms with Crippen molar-refractivity contribution in [2.75, 3.05) is 6.61 Å².